The van der Waals surface area contributed by atoms with E-state index in [2.05, 4.69) is 5.32 Å². The molecule has 0 aromatic carbocycles. The van der Waals surface area contributed by atoms with E-state index in [0.717, 1.165) is 0 Å². The summed E-state index contributed by atoms with van der Waals surface area (Å²) >= 11 is 0. The summed E-state index contributed by atoms with van der Waals surface area (Å²) in [7, 11) is 0. The van der Waals surface area contributed by atoms with E-state index in [1.54, 1.807) is 0 Å². The zero-order valence-corrected chi connectivity index (χ0v) is 9.58. The number of nitrogens with one attached hydrogen (secondary N) is 1. The maximum Gasteiger partial charge on any atom is 0.134 e. The Bertz CT molecular complexity index is 213. The van der Waals surface area contributed by atoms with Crippen LogP contribution >= 0.6 is 0 Å². The number of aliphatic hydroxyl groups excluding tert-OH is 4. The van der Waals surface area contributed by atoms with Crippen LogP contribution in [-0.2, 0) is 4.74 Å². The van der Waals surface area contributed by atoms with Crippen LogP contribution in [-0.4, -0.2) is 64.2 Å². The lowest BCUT2D eigenvalue weighted by atomic mass is 10.1. The number of rotatable bonds is 5. The van der Waals surface area contributed by atoms with Crippen LogP contribution in [0.3, 0.4) is 0 Å². The minimum Gasteiger partial charge on any atom is -0.394 e. The molecule has 5 N–H and O–H groups in total. The fourth-order valence-electron chi connectivity index (χ4n) is 1.66. The van der Waals surface area contributed by atoms with E-state index in [0.29, 0.717) is 12.5 Å². The SMILES string of the molecule is CC(C)CNC(O)[C@H]1O[C@H](CO)[C@@H](O)[C@@H]1O. The van der Waals surface area contributed by atoms with Crippen molar-refractivity contribution in [3.05, 3.63) is 0 Å². The van der Waals surface area contributed by atoms with E-state index in [9.17, 15) is 15.3 Å². The van der Waals surface area contributed by atoms with Gasteiger partial charge in [0, 0.05) is 0 Å². The minimum atomic E-state index is -1.19. The van der Waals surface area contributed by atoms with Gasteiger partial charge in [-0.1, -0.05) is 13.8 Å². The van der Waals surface area contributed by atoms with E-state index in [-0.39, 0.29) is 6.61 Å². The monoisotopic (exact) mass is 235 g/mol. The molecule has 1 unspecified atom stereocenters. The Hall–Kier alpha value is -0.240. The lowest BCUT2D eigenvalue weighted by Gasteiger charge is -2.22. The summed E-state index contributed by atoms with van der Waals surface area (Å²) in [6.45, 7) is 4.16. The van der Waals surface area contributed by atoms with Gasteiger partial charge in [-0.2, -0.15) is 0 Å². The quantitative estimate of drug-likeness (QED) is 0.354. The van der Waals surface area contributed by atoms with Crippen LogP contribution in [0.4, 0.5) is 0 Å². The zero-order chi connectivity index (χ0) is 12.3. The fraction of sp³-hybridized carbons (Fsp3) is 1.00. The Kier molecular flexibility index (Phi) is 5.10. The molecule has 0 saturated carbocycles. The van der Waals surface area contributed by atoms with Gasteiger partial charge in [0.1, 0.15) is 30.6 Å². The molecule has 0 aliphatic carbocycles. The average Bonchev–Trinajstić information content (AvgIpc) is 2.52. The van der Waals surface area contributed by atoms with Crippen molar-refractivity contribution in [1.82, 2.24) is 5.32 Å². The van der Waals surface area contributed by atoms with Gasteiger partial charge >= 0.3 is 0 Å². The summed E-state index contributed by atoms with van der Waals surface area (Å²) in [6.07, 6.45) is -5.15. The van der Waals surface area contributed by atoms with Crippen molar-refractivity contribution in [2.75, 3.05) is 13.2 Å². The van der Waals surface area contributed by atoms with Crippen LogP contribution in [0.15, 0.2) is 0 Å². The van der Waals surface area contributed by atoms with E-state index < -0.39 is 30.6 Å². The molecule has 0 spiro atoms. The highest BCUT2D eigenvalue weighted by Crippen LogP contribution is 2.22. The second kappa shape index (κ2) is 5.90. The lowest BCUT2D eigenvalue weighted by molar-refractivity contribution is -0.0856. The van der Waals surface area contributed by atoms with Crippen molar-refractivity contribution >= 4 is 0 Å². The Morgan fingerprint density at radius 3 is 2.31 bits per heavy atom. The number of hydrogen-bond acceptors (Lipinski definition) is 6. The van der Waals surface area contributed by atoms with Gasteiger partial charge < -0.3 is 25.2 Å². The summed E-state index contributed by atoms with van der Waals surface area (Å²) < 4.78 is 5.17. The van der Waals surface area contributed by atoms with Crippen molar-refractivity contribution in [3.63, 3.8) is 0 Å². The van der Waals surface area contributed by atoms with Crippen LogP contribution in [0.1, 0.15) is 13.8 Å². The van der Waals surface area contributed by atoms with Crippen LogP contribution in [0.2, 0.25) is 0 Å². The van der Waals surface area contributed by atoms with Gasteiger partial charge in [-0.25, -0.2) is 0 Å². The van der Waals surface area contributed by atoms with Crippen molar-refractivity contribution in [3.8, 4) is 0 Å². The molecule has 0 bridgehead atoms. The zero-order valence-electron chi connectivity index (χ0n) is 9.58. The third-order valence-electron chi connectivity index (χ3n) is 2.63. The number of hydrogen-bond donors (Lipinski definition) is 5. The molecule has 1 rings (SSSR count). The standard InChI is InChI=1S/C10H21NO5/c1-5(2)3-11-10(15)9-8(14)7(13)6(4-12)16-9/h5-15H,3-4H2,1-2H3/t6-,7-,8+,9+,10?/m1/s1. The first kappa shape index (κ1) is 13.8. The third kappa shape index (κ3) is 3.13. The Balaban J connectivity index is 2.47. The topological polar surface area (TPSA) is 102 Å². The van der Waals surface area contributed by atoms with Crippen LogP contribution < -0.4 is 5.32 Å². The molecule has 5 atom stereocenters. The van der Waals surface area contributed by atoms with Crippen LogP contribution in [0.25, 0.3) is 0 Å². The molecule has 1 saturated heterocycles. The largest absolute Gasteiger partial charge is 0.394 e. The van der Waals surface area contributed by atoms with E-state index in [1.165, 1.54) is 0 Å². The van der Waals surface area contributed by atoms with Crippen molar-refractivity contribution in [2.45, 2.75) is 44.5 Å². The summed E-state index contributed by atoms with van der Waals surface area (Å²) in [5.41, 5.74) is 0. The summed E-state index contributed by atoms with van der Waals surface area (Å²) in [4.78, 5) is 0. The Morgan fingerprint density at radius 1 is 1.25 bits per heavy atom. The highest BCUT2D eigenvalue weighted by atomic mass is 16.6. The van der Waals surface area contributed by atoms with E-state index in [4.69, 9.17) is 9.84 Å². The maximum atomic E-state index is 9.71. The molecule has 1 aliphatic heterocycles. The second-order valence-corrected chi connectivity index (χ2v) is 4.55. The number of aliphatic hydroxyl groups is 4. The predicted molar refractivity (Wildman–Crippen MR) is 56.6 cm³/mol. The summed E-state index contributed by atoms with van der Waals surface area (Å²) in [5.74, 6) is 0.353. The van der Waals surface area contributed by atoms with E-state index >= 15 is 0 Å². The predicted octanol–water partition coefficient (Wildman–Crippen LogP) is -1.97. The third-order valence-corrected chi connectivity index (χ3v) is 2.63. The highest BCUT2D eigenvalue weighted by molar-refractivity contribution is 4.93. The Labute approximate surface area is 94.9 Å². The van der Waals surface area contributed by atoms with Gasteiger partial charge in [0.25, 0.3) is 0 Å². The van der Waals surface area contributed by atoms with Gasteiger partial charge in [0.05, 0.1) is 6.61 Å². The molecule has 0 aromatic rings. The maximum absolute atomic E-state index is 9.71. The molecular formula is C10H21NO5. The molecule has 96 valence electrons. The smallest absolute Gasteiger partial charge is 0.134 e. The molecule has 16 heavy (non-hydrogen) atoms. The van der Waals surface area contributed by atoms with Crippen molar-refractivity contribution in [1.29, 1.82) is 0 Å². The molecule has 0 amide bonds. The lowest BCUT2D eigenvalue weighted by Crippen LogP contribution is -2.47. The summed E-state index contributed by atoms with van der Waals surface area (Å²) in [6, 6.07) is 0. The molecule has 6 heteroatoms. The molecular weight excluding hydrogens is 214 g/mol. The van der Waals surface area contributed by atoms with Gasteiger partial charge in [-0.3, -0.25) is 5.32 Å². The fourth-order valence-corrected chi connectivity index (χ4v) is 1.66. The van der Waals surface area contributed by atoms with Crippen LogP contribution in [0.5, 0.6) is 0 Å². The molecule has 0 aromatic heterocycles. The highest BCUT2D eigenvalue weighted by Gasteiger charge is 2.45. The van der Waals surface area contributed by atoms with Gasteiger partial charge in [-0.05, 0) is 12.5 Å². The van der Waals surface area contributed by atoms with E-state index in [1.807, 2.05) is 13.8 Å². The first-order chi connectivity index (χ1) is 7.47. The van der Waals surface area contributed by atoms with Crippen molar-refractivity contribution in [2.24, 2.45) is 5.92 Å². The molecule has 1 fully saturated rings. The molecule has 6 nitrogen and oxygen atoms in total. The second-order valence-electron chi connectivity index (χ2n) is 4.55. The average molecular weight is 235 g/mol. The molecule has 1 heterocycles. The van der Waals surface area contributed by atoms with Crippen molar-refractivity contribution < 1.29 is 25.2 Å². The van der Waals surface area contributed by atoms with Gasteiger partial charge in [-0.15, -0.1) is 0 Å². The van der Waals surface area contributed by atoms with Crippen LogP contribution in [0, 0.1) is 5.92 Å². The Morgan fingerprint density at radius 2 is 1.88 bits per heavy atom. The normalized spacial score (nSPS) is 36.9. The first-order valence-electron chi connectivity index (χ1n) is 5.51. The molecule has 0 radical (unpaired) electrons. The molecule has 1 aliphatic rings. The summed E-state index contributed by atoms with van der Waals surface area (Å²) in [5, 5.41) is 40.5. The minimum absolute atomic E-state index is 0.353. The first-order valence-corrected chi connectivity index (χ1v) is 5.51. The van der Waals surface area contributed by atoms with Gasteiger partial charge in [0.2, 0.25) is 0 Å². The van der Waals surface area contributed by atoms with Gasteiger partial charge in [0.15, 0.2) is 0 Å². The number of ether oxygens (including phenoxy) is 1.